The molecule has 1 rings (SSSR count). The Hall–Kier alpha value is -1.67. The molecule has 0 saturated carbocycles. The van der Waals surface area contributed by atoms with Gasteiger partial charge in [-0.3, -0.25) is 4.79 Å². The summed E-state index contributed by atoms with van der Waals surface area (Å²) in [6.45, 7) is 1.92. The summed E-state index contributed by atoms with van der Waals surface area (Å²) in [6, 6.07) is 3.56. The van der Waals surface area contributed by atoms with Gasteiger partial charge in [0.1, 0.15) is 5.82 Å². The van der Waals surface area contributed by atoms with Gasteiger partial charge in [-0.05, 0) is 18.2 Å². The first-order chi connectivity index (χ1) is 8.85. The number of carbonyl (C=O) groups excluding carboxylic acids is 1. The van der Waals surface area contributed by atoms with E-state index in [0.717, 1.165) is 6.07 Å². The summed E-state index contributed by atoms with van der Waals surface area (Å²) in [7, 11) is -3.37. The first-order valence-corrected chi connectivity index (χ1v) is 7.31. The van der Waals surface area contributed by atoms with Crippen molar-refractivity contribution in [2.45, 2.75) is 6.92 Å². The van der Waals surface area contributed by atoms with Crippen LogP contribution in [0, 0.1) is 5.82 Å². The Morgan fingerprint density at radius 3 is 2.68 bits per heavy atom. The molecule has 0 aliphatic rings. The van der Waals surface area contributed by atoms with Crippen LogP contribution in [0.1, 0.15) is 17.3 Å². The number of nitrogens with one attached hydrogen (secondary N) is 2. The highest BCUT2D eigenvalue weighted by Crippen LogP contribution is 2.11. The van der Waals surface area contributed by atoms with E-state index in [2.05, 4.69) is 10.0 Å². The first kappa shape index (κ1) is 15.4. The molecule has 0 unspecified atom stereocenters. The van der Waals surface area contributed by atoms with E-state index in [4.69, 9.17) is 5.73 Å². The fourth-order valence-corrected chi connectivity index (χ4v) is 2.33. The van der Waals surface area contributed by atoms with Crippen molar-refractivity contribution in [1.82, 2.24) is 10.0 Å². The molecule has 1 aromatic carbocycles. The van der Waals surface area contributed by atoms with Crippen LogP contribution in [0.4, 0.5) is 10.1 Å². The minimum atomic E-state index is -3.37. The average Bonchev–Trinajstić information content (AvgIpc) is 2.32. The van der Waals surface area contributed by atoms with E-state index in [1.807, 2.05) is 0 Å². The number of amides is 1. The van der Waals surface area contributed by atoms with Gasteiger partial charge >= 0.3 is 0 Å². The van der Waals surface area contributed by atoms with Gasteiger partial charge in [0.25, 0.3) is 5.91 Å². The highest BCUT2D eigenvalue weighted by molar-refractivity contribution is 7.89. The summed E-state index contributed by atoms with van der Waals surface area (Å²) in [6.07, 6.45) is 0. The van der Waals surface area contributed by atoms with Gasteiger partial charge in [0.2, 0.25) is 10.0 Å². The van der Waals surface area contributed by atoms with Crippen LogP contribution >= 0.6 is 0 Å². The highest BCUT2D eigenvalue weighted by atomic mass is 32.2. The molecule has 0 aliphatic carbocycles. The number of halogens is 1. The fraction of sp³-hybridized carbons (Fsp3) is 0.364. The number of anilines is 1. The number of hydrogen-bond donors (Lipinski definition) is 3. The largest absolute Gasteiger partial charge is 0.396 e. The van der Waals surface area contributed by atoms with Crippen LogP contribution in [-0.4, -0.2) is 33.2 Å². The van der Waals surface area contributed by atoms with Gasteiger partial charge in [0.15, 0.2) is 0 Å². The molecule has 0 fully saturated rings. The van der Waals surface area contributed by atoms with Crippen molar-refractivity contribution in [2.75, 3.05) is 24.6 Å². The van der Waals surface area contributed by atoms with Crippen LogP contribution in [0.25, 0.3) is 0 Å². The van der Waals surface area contributed by atoms with Crippen molar-refractivity contribution < 1.29 is 17.6 Å². The molecule has 19 heavy (non-hydrogen) atoms. The van der Waals surface area contributed by atoms with E-state index in [-0.39, 0.29) is 23.5 Å². The molecule has 0 bridgehead atoms. The lowest BCUT2D eigenvalue weighted by Crippen LogP contribution is -2.34. The molecule has 0 atom stereocenters. The van der Waals surface area contributed by atoms with Gasteiger partial charge in [-0.25, -0.2) is 17.5 Å². The summed E-state index contributed by atoms with van der Waals surface area (Å²) in [4.78, 5) is 11.6. The van der Waals surface area contributed by atoms with Gasteiger partial charge in [0.05, 0.1) is 11.4 Å². The van der Waals surface area contributed by atoms with Crippen molar-refractivity contribution in [3.63, 3.8) is 0 Å². The van der Waals surface area contributed by atoms with E-state index in [0.29, 0.717) is 6.54 Å². The second-order valence-corrected chi connectivity index (χ2v) is 5.74. The number of rotatable bonds is 6. The molecule has 1 aromatic rings. The van der Waals surface area contributed by atoms with Crippen LogP contribution in [-0.2, 0) is 10.0 Å². The number of hydrogen-bond acceptors (Lipinski definition) is 4. The maximum atomic E-state index is 12.9. The van der Waals surface area contributed by atoms with E-state index in [1.165, 1.54) is 12.1 Å². The molecule has 0 aliphatic heterocycles. The summed E-state index contributed by atoms with van der Waals surface area (Å²) >= 11 is 0. The minimum Gasteiger partial charge on any atom is -0.396 e. The highest BCUT2D eigenvalue weighted by Gasteiger charge is 2.11. The van der Waals surface area contributed by atoms with E-state index >= 15 is 0 Å². The van der Waals surface area contributed by atoms with Crippen LogP contribution < -0.4 is 15.8 Å². The standard InChI is InChI=1S/C11H16FN3O3S/c1-2-15-19(17,18)6-5-14-11(16)8-3-4-9(12)10(13)7-8/h3-4,7,15H,2,5-6,13H2,1H3,(H,14,16). The molecule has 0 radical (unpaired) electrons. The number of nitrogen functional groups attached to an aromatic ring is 1. The van der Waals surface area contributed by atoms with Gasteiger partial charge in [-0.1, -0.05) is 6.92 Å². The Morgan fingerprint density at radius 2 is 2.11 bits per heavy atom. The van der Waals surface area contributed by atoms with Crippen LogP contribution in [0.3, 0.4) is 0 Å². The smallest absolute Gasteiger partial charge is 0.251 e. The zero-order valence-electron chi connectivity index (χ0n) is 10.4. The van der Waals surface area contributed by atoms with Gasteiger partial charge in [0, 0.05) is 18.7 Å². The lowest BCUT2D eigenvalue weighted by Gasteiger charge is -2.07. The summed E-state index contributed by atoms with van der Waals surface area (Å²) < 4.78 is 37.8. The topological polar surface area (TPSA) is 101 Å². The third-order valence-corrected chi connectivity index (χ3v) is 3.75. The third-order valence-electron chi connectivity index (χ3n) is 2.28. The molecular formula is C11H16FN3O3S. The number of benzene rings is 1. The number of sulfonamides is 1. The lowest BCUT2D eigenvalue weighted by atomic mass is 10.2. The molecule has 0 aromatic heterocycles. The van der Waals surface area contributed by atoms with Crippen LogP contribution in [0.2, 0.25) is 0 Å². The van der Waals surface area contributed by atoms with E-state index in [1.54, 1.807) is 6.92 Å². The zero-order valence-corrected chi connectivity index (χ0v) is 11.3. The molecule has 0 spiro atoms. The summed E-state index contributed by atoms with van der Waals surface area (Å²) in [5, 5.41) is 2.42. The normalized spacial score (nSPS) is 11.3. The molecule has 0 heterocycles. The monoisotopic (exact) mass is 289 g/mol. The SMILES string of the molecule is CCNS(=O)(=O)CCNC(=O)c1ccc(F)c(N)c1. The van der Waals surface area contributed by atoms with E-state index < -0.39 is 21.7 Å². The summed E-state index contributed by atoms with van der Waals surface area (Å²) in [5.74, 6) is -1.33. The van der Waals surface area contributed by atoms with Crippen LogP contribution in [0.15, 0.2) is 18.2 Å². The molecule has 4 N–H and O–H groups in total. The maximum absolute atomic E-state index is 12.9. The average molecular weight is 289 g/mol. The number of nitrogens with two attached hydrogens (primary N) is 1. The molecule has 0 saturated heterocycles. The van der Waals surface area contributed by atoms with Gasteiger partial charge in [-0.15, -0.1) is 0 Å². The fourth-order valence-electron chi connectivity index (χ4n) is 1.38. The Bertz CT molecular complexity index is 560. The predicted octanol–water partition coefficient (Wildman–Crippen LogP) is 0.0770. The Labute approximate surface area is 111 Å². The zero-order chi connectivity index (χ0) is 14.5. The Kier molecular flexibility index (Phi) is 5.25. The van der Waals surface area contributed by atoms with Crippen molar-refractivity contribution in [3.05, 3.63) is 29.6 Å². The van der Waals surface area contributed by atoms with Crippen molar-refractivity contribution >= 4 is 21.6 Å². The maximum Gasteiger partial charge on any atom is 0.251 e. The second-order valence-electron chi connectivity index (χ2n) is 3.81. The second kappa shape index (κ2) is 6.48. The lowest BCUT2D eigenvalue weighted by molar-refractivity contribution is 0.0956. The molecule has 1 amide bonds. The predicted molar refractivity (Wildman–Crippen MR) is 70.6 cm³/mol. The van der Waals surface area contributed by atoms with Crippen molar-refractivity contribution in [2.24, 2.45) is 0 Å². The van der Waals surface area contributed by atoms with Crippen LogP contribution in [0.5, 0.6) is 0 Å². The Balaban J connectivity index is 2.54. The van der Waals surface area contributed by atoms with Crippen molar-refractivity contribution in [1.29, 1.82) is 0 Å². The molecule has 6 nitrogen and oxygen atoms in total. The van der Waals surface area contributed by atoms with Gasteiger partial charge in [-0.2, -0.15) is 0 Å². The van der Waals surface area contributed by atoms with Crippen molar-refractivity contribution in [3.8, 4) is 0 Å². The first-order valence-electron chi connectivity index (χ1n) is 5.66. The van der Waals surface area contributed by atoms with E-state index in [9.17, 15) is 17.6 Å². The number of carbonyl (C=O) groups is 1. The molecule has 8 heteroatoms. The van der Waals surface area contributed by atoms with Gasteiger partial charge < -0.3 is 11.1 Å². The Morgan fingerprint density at radius 1 is 1.42 bits per heavy atom. The quantitative estimate of drug-likeness (QED) is 0.645. The molecular weight excluding hydrogens is 273 g/mol. The third kappa shape index (κ3) is 4.84. The minimum absolute atomic E-state index is 0.0363. The summed E-state index contributed by atoms with van der Waals surface area (Å²) in [5.41, 5.74) is 5.38. The molecule has 106 valence electrons.